The molecule has 3 rings (SSSR count). The van der Waals surface area contributed by atoms with Gasteiger partial charge in [0, 0.05) is 50.3 Å². The van der Waals surface area contributed by atoms with Gasteiger partial charge in [0.25, 0.3) is 0 Å². The molecule has 1 heterocycles. The van der Waals surface area contributed by atoms with E-state index in [1.807, 2.05) is 30.0 Å². The van der Waals surface area contributed by atoms with Gasteiger partial charge in [-0.25, -0.2) is 0 Å². The number of hydrogen-bond acceptors (Lipinski definition) is 4. The molecule has 1 amide bonds. The fourth-order valence-corrected chi connectivity index (χ4v) is 3.74. The molecule has 1 aliphatic heterocycles. The summed E-state index contributed by atoms with van der Waals surface area (Å²) in [4.78, 5) is 19.3. The minimum absolute atomic E-state index is 0.171. The van der Waals surface area contributed by atoms with Crippen LogP contribution in [0.3, 0.4) is 0 Å². The van der Waals surface area contributed by atoms with E-state index >= 15 is 0 Å². The highest BCUT2D eigenvalue weighted by Crippen LogP contribution is 2.23. The molecular formula is C23H30N4O. The van der Waals surface area contributed by atoms with Crippen molar-refractivity contribution in [1.82, 2.24) is 4.90 Å². The van der Waals surface area contributed by atoms with Crippen LogP contribution in [-0.2, 0) is 4.79 Å². The lowest BCUT2D eigenvalue weighted by Gasteiger charge is -2.37. The maximum absolute atomic E-state index is 12.9. The highest BCUT2D eigenvalue weighted by Gasteiger charge is 2.23. The average Bonchev–Trinajstić information content (AvgIpc) is 2.73. The highest BCUT2D eigenvalue weighted by molar-refractivity contribution is 5.85. The third kappa shape index (κ3) is 4.35. The number of aryl methyl sites for hydroxylation is 1. The first kappa shape index (κ1) is 19.9. The van der Waals surface area contributed by atoms with Crippen molar-refractivity contribution in [2.75, 3.05) is 49.1 Å². The van der Waals surface area contributed by atoms with Gasteiger partial charge in [-0.1, -0.05) is 29.8 Å². The van der Waals surface area contributed by atoms with Crippen LogP contribution in [-0.4, -0.2) is 56.3 Å². The van der Waals surface area contributed by atoms with Gasteiger partial charge in [-0.05, 0) is 50.1 Å². The molecule has 0 atom stereocenters. The molecule has 1 aliphatic rings. The fourth-order valence-electron chi connectivity index (χ4n) is 3.74. The smallest absolute Gasteiger partial charge is 0.242 e. The quantitative estimate of drug-likeness (QED) is 0.783. The molecule has 1 fully saturated rings. The van der Waals surface area contributed by atoms with E-state index in [-0.39, 0.29) is 5.91 Å². The fraction of sp³-hybridized carbons (Fsp3) is 0.391. The lowest BCUT2D eigenvalue weighted by Crippen LogP contribution is -2.51. The van der Waals surface area contributed by atoms with Gasteiger partial charge in [0.1, 0.15) is 0 Å². The van der Waals surface area contributed by atoms with Gasteiger partial charge in [0.15, 0.2) is 0 Å². The summed E-state index contributed by atoms with van der Waals surface area (Å²) in [5.41, 5.74) is 5.48. The summed E-state index contributed by atoms with van der Waals surface area (Å²) in [7, 11) is 0. The predicted octanol–water partition coefficient (Wildman–Crippen LogP) is 3.48. The Balaban J connectivity index is 1.61. The Morgan fingerprint density at radius 1 is 1.07 bits per heavy atom. The Morgan fingerprint density at radius 3 is 2.36 bits per heavy atom. The van der Waals surface area contributed by atoms with Gasteiger partial charge in [-0.2, -0.15) is 0 Å². The van der Waals surface area contributed by atoms with Crippen LogP contribution < -0.4 is 9.80 Å². The SMILES string of the molecule is CCN(CC(=O)N1CCN(c2ccc(C)cc2)CC1)c1cccc(C=N)c1C. The summed E-state index contributed by atoms with van der Waals surface area (Å²) in [5, 5.41) is 7.56. The van der Waals surface area contributed by atoms with Crippen molar-refractivity contribution < 1.29 is 4.79 Å². The molecule has 148 valence electrons. The molecule has 28 heavy (non-hydrogen) atoms. The summed E-state index contributed by atoms with van der Waals surface area (Å²) in [6.45, 7) is 10.6. The molecule has 0 unspecified atom stereocenters. The molecule has 2 aromatic carbocycles. The van der Waals surface area contributed by atoms with E-state index in [0.29, 0.717) is 6.54 Å². The van der Waals surface area contributed by atoms with Crippen LogP contribution in [0.15, 0.2) is 42.5 Å². The van der Waals surface area contributed by atoms with Crippen LogP contribution in [0.2, 0.25) is 0 Å². The number of carbonyl (C=O) groups is 1. The first-order chi connectivity index (χ1) is 13.5. The first-order valence-electron chi connectivity index (χ1n) is 9.98. The summed E-state index contributed by atoms with van der Waals surface area (Å²) < 4.78 is 0. The van der Waals surface area contributed by atoms with Crippen LogP contribution in [0.1, 0.15) is 23.6 Å². The molecule has 1 N–H and O–H groups in total. The third-order valence-electron chi connectivity index (χ3n) is 5.58. The lowest BCUT2D eigenvalue weighted by atomic mass is 10.1. The monoisotopic (exact) mass is 378 g/mol. The van der Waals surface area contributed by atoms with Crippen LogP contribution in [0.25, 0.3) is 0 Å². The molecule has 2 aromatic rings. The van der Waals surface area contributed by atoms with Crippen molar-refractivity contribution >= 4 is 23.5 Å². The molecule has 0 saturated carbocycles. The van der Waals surface area contributed by atoms with Crippen LogP contribution in [0.4, 0.5) is 11.4 Å². The number of carbonyl (C=O) groups excluding carboxylic acids is 1. The van der Waals surface area contributed by atoms with Crippen molar-refractivity contribution in [3.63, 3.8) is 0 Å². The zero-order valence-corrected chi connectivity index (χ0v) is 17.1. The van der Waals surface area contributed by atoms with Gasteiger partial charge < -0.3 is 20.1 Å². The summed E-state index contributed by atoms with van der Waals surface area (Å²) in [6, 6.07) is 14.5. The first-order valence-corrected chi connectivity index (χ1v) is 9.98. The van der Waals surface area contributed by atoms with E-state index in [0.717, 1.165) is 49.5 Å². The Labute approximate surface area is 168 Å². The number of nitrogens with one attached hydrogen (secondary N) is 1. The second-order valence-corrected chi connectivity index (χ2v) is 7.35. The Hall–Kier alpha value is -2.82. The molecule has 0 spiro atoms. The van der Waals surface area contributed by atoms with Crippen LogP contribution in [0.5, 0.6) is 0 Å². The molecule has 1 saturated heterocycles. The maximum Gasteiger partial charge on any atom is 0.242 e. The number of anilines is 2. The Morgan fingerprint density at radius 2 is 1.75 bits per heavy atom. The van der Waals surface area contributed by atoms with Crippen molar-refractivity contribution in [3.05, 3.63) is 59.2 Å². The Kier molecular flexibility index (Phi) is 6.34. The number of rotatable bonds is 6. The van der Waals surface area contributed by atoms with E-state index in [2.05, 4.69) is 47.9 Å². The van der Waals surface area contributed by atoms with Gasteiger partial charge >= 0.3 is 0 Å². The zero-order valence-electron chi connectivity index (χ0n) is 17.1. The second-order valence-electron chi connectivity index (χ2n) is 7.35. The number of piperazine rings is 1. The van der Waals surface area contributed by atoms with E-state index in [9.17, 15) is 4.79 Å². The Bertz CT molecular complexity index is 823. The molecule has 0 aliphatic carbocycles. The number of benzene rings is 2. The lowest BCUT2D eigenvalue weighted by molar-refractivity contribution is -0.130. The summed E-state index contributed by atoms with van der Waals surface area (Å²) in [5.74, 6) is 0.171. The van der Waals surface area contributed by atoms with Gasteiger partial charge in [-0.3, -0.25) is 4.79 Å². The van der Waals surface area contributed by atoms with E-state index in [4.69, 9.17) is 5.41 Å². The standard InChI is InChI=1S/C23H30N4O/c1-4-25(22-7-5-6-20(16-24)19(22)3)17-23(28)27-14-12-26(13-15-27)21-10-8-18(2)9-11-21/h5-11,16,24H,4,12-15,17H2,1-3H3. The minimum atomic E-state index is 0.171. The number of likely N-dealkylation sites (N-methyl/N-ethyl adjacent to an activating group) is 1. The highest BCUT2D eigenvalue weighted by atomic mass is 16.2. The topological polar surface area (TPSA) is 50.6 Å². The maximum atomic E-state index is 12.9. The van der Waals surface area contributed by atoms with Gasteiger partial charge in [0.05, 0.1) is 6.54 Å². The van der Waals surface area contributed by atoms with Crippen molar-refractivity contribution in [2.45, 2.75) is 20.8 Å². The average molecular weight is 379 g/mol. The van der Waals surface area contributed by atoms with Crippen molar-refractivity contribution in [1.29, 1.82) is 5.41 Å². The molecule has 5 heteroatoms. The minimum Gasteiger partial charge on any atom is -0.368 e. The molecular weight excluding hydrogens is 348 g/mol. The van der Waals surface area contributed by atoms with Gasteiger partial charge in [-0.15, -0.1) is 0 Å². The van der Waals surface area contributed by atoms with Gasteiger partial charge in [0.2, 0.25) is 5.91 Å². The van der Waals surface area contributed by atoms with E-state index in [1.54, 1.807) is 0 Å². The summed E-state index contributed by atoms with van der Waals surface area (Å²) >= 11 is 0. The molecule has 0 radical (unpaired) electrons. The van der Waals surface area contributed by atoms with Crippen molar-refractivity contribution in [3.8, 4) is 0 Å². The van der Waals surface area contributed by atoms with Crippen LogP contribution >= 0.6 is 0 Å². The molecule has 0 bridgehead atoms. The number of hydrogen-bond donors (Lipinski definition) is 1. The molecule has 5 nitrogen and oxygen atoms in total. The largest absolute Gasteiger partial charge is 0.368 e. The number of nitrogens with zero attached hydrogens (tertiary/aromatic N) is 3. The predicted molar refractivity (Wildman–Crippen MR) is 117 cm³/mol. The normalized spacial score (nSPS) is 14.1. The van der Waals surface area contributed by atoms with E-state index in [1.165, 1.54) is 17.5 Å². The third-order valence-corrected chi connectivity index (χ3v) is 5.58. The molecule has 0 aromatic heterocycles. The zero-order chi connectivity index (χ0) is 20.1. The number of amides is 1. The summed E-state index contributed by atoms with van der Waals surface area (Å²) in [6.07, 6.45) is 1.37. The second kappa shape index (κ2) is 8.91. The van der Waals surface area contributed by atoms with Crippen LogP contribution in [0, 0.1) is 19.3 Å². The van der Waals surface area contributed by atoms with Crippen molar-refractivity contribution in [2.24, 2.45) is 0 Å². The van der Waals surface area contributed by atoms with E-state index < -0.39 is 0 Å².